The predicted molar refractivity (Wildman–Crippen MR) is 111 cm³/mol. The Balaban J connectivity index is 1.42. The fraction of sp³-hybridized carbons (Fsp3) is 0.286. The summed E-state index contributed by atoms with van der Waals surface area (Å²) in [6, 6.07) is 13.6. The molecule has 0 spiro atoms. The first-order valence-electron chi connectivity index (χ1n) is 9.56. The molecular formula is C21H22N4O3S. The van der Waals surface area contributed by atoms with Gasteiger partial charge < -0.3 is 20.0 Å². The molecule has 1 aliphatic carbocycles. The van der Waals surface area contributed by atoms with Gasteiger partial charge in [-0.15, -0.1) is 11.3 Å². The van der Waals surface area contributed by atoms with E-state index in [0.29, 0.717) is 35.7 Å². The highest BCUT2D eigenvalue weighted by Crippen LogP contribution is 2.22. The number of nitrogens with zero attached hydrogens (tertiary/aromatic N) is 2. The zero-order chi connectivity index (χ0) is 20.1. The Kier molecular flexibility index (Phi) is 5.90. The summed E-state index contributed by atoms with van der Waals surface area (Å²) in [5, 5.41) is 8.52. The topological polar surface area (TPSA) is 87.5 Å². The van der Waals surface area contributed by atoms with Gasteiger partial charge in [-0.2, -0.15) is 0 Å². The van der Waals surface area contributed by atoms with Crippen LogP contribution in [0, 0.1) is 0 Å². The Morgan fingerprint density at radius 3 is 2.72 bits per heavy atom. The van der Waals surface area contributed by atoms with Crippen LogP contribution in [-0.2, 0) is 11.3 Å². The summed E-state index contributed by atoms with van der Waals surface area (Å²) in [6.45, 7) is 0.596. The van der Waals surface area contributed by atoms with Crippen molar-refractivity contribution in [2.24, 2.45) is 0 Å². The minimum absolute atomic E-state index is 0.0329. The maximum absolute atomic E-state index is 13.1. The van der Waals surface area contributed by atoms with Crippen molar-refractivity contribution in [3.63, 3.8) is 0 Å². The summed E-state index contributed by atoms with van der Waals surface area (Å²) in [5.41, 5.74) is 1.26. The second-order valence-electron chi connectivity index (χ2n) is 6.93. The van der Waals surface area contributed by atoms with Crippen molar-refractivity contribution in [2.45, 2.75) is 31.8 Å². The van der Waals surface area contributed by atoms with Crippen LogP contribution < -0.4 is 10.6 Å². The summed E-state index contributed by atoms with van der Waals surface area (Å²) < 4.78 is 5.39. The summed E-state index contributed by atoms with van der Waals surface area (Å²) in [5.74, 6) is 0.409. The molecule has 2 heterocycles. The molecule has 7 nitrogen and oxygen atoms in total. The third-order valence-electron chi connectivity index (χ3n) is 4.51. The molecule has 0 bridgehead atoms. The van der Waals surface area contributed by atoms with Crippen molar-refractivity contribution in [1.82, 2.24) is 15.2 Å². The molecule has 1 aliphatic rings. The van der Waals surface area contributed by atoms with Gasteiger partial charge in [-0.05, 0) is 37.1 Å². The summed E-state index contributed by atoms with van der Waals surface area (Å²) in [7, 11) is 0. The number of thiazole rings is 1. The van der Waals surface area contributed by atoms with Crippen LogP contribution in [0.2, 0.25) is 0 Å². The number of benzene rings is 1. The van der Waals surface area contributed by atoms with E-state index in [-0.39, 0.29) is 18.2 Å². The Hall–Kier alpha value is -3.13. The molecule has 0 radical (unpaired) electrons. The molecule has 0 atom stereocenters. The van der Waals surface area contributed by atoms with Crippen LogP contribution in [0.15, 0.2) is 58.5 Å². The van der Waals surface area contributed by atoms with Crippen LogP contribution >= 0.6 is 11.3 Å². The highest BCUT2D eigenvalue weighted by Gasteiger charge is 2.25. The summed E-state index contributed by atoms with van der Waals surface area (Å²) in [6.07, 6.45) is 3.90. The lowest BCUT2D eigenvalue weighted by atomic mass is 10.3. The zero-order valence-corrected chi connectivity index (χ0v) is 16.7. The highest BCUT2D eigenvalue weighted by atomic mass is 32.1. The van der Waals surface area contributed by atoms with Gasteiger partial charge in [0, 0.05) is 30.1 Å². The number of rotatable bonds is 9. The zero-order valence-electron chi connectivity index (χ0n) is 15.8. The first kappa shape index (κ1) is 19.2. The van der Waals surface area contributed by atoms with Gasteiger partial charge >= 0.3 is 0 Å². The smallest absolute Gasteiger partial charge is 0.273 e. The molecule has 0 saturated heterocycles. The lowest BCUT2D eigenvalue weighted by molar-refractivity contribution is -0.121. The monoisotopic (exact) mass is 410 g/mol. The Bertz CT molecular complexity index is 951. The molecule has 4 rings (SSSR count). The van der Waals surface area contributed by atoms with Crippen LogP contribution in [0.4, 0.5) is 10.8 Å². The van der Waals surface area contributed by atoms with Crippen LogP contribution in [0.1, 0.15) is 35.5 Å². The number of furan rings is 1. The number of hydrogen-bond donors (Lipinski definition) is 2. The van der Waals surface area contributed by atoms with Crippen LogP contribution in [0.3, 0.4) is 0 Å². The standard InChI is InChI=1S/C21H22N4O3S/c26-19(22-16-8-9-16)10-11-25(13-17-7-4-12-28-17)20(27)18-14-29-21(24-18)23-15-5-2-1-3-6-15/h1-7,12,14,16H,8-11,13H2,(H,22,26)(H,23,24). The van der Waals surface area contributed by atoms with Crippen LogP contribution in [0.25, 0.3) is 0 Å². The SMILES string of the molecule is O=C(CCN(Cc1ccco1)C(=O)c1csc(Nc2ccccc2)n1)NC1CC1. The van der Waals surface area contributed by atoms with Gasteiger partial charge in [0.05, 0.1) is 12.8 Å². The number of nitrogens with one attached hydrogen (secondary N) is 2. The number of para-hydroxylation sites is 1. The first-order chi connectivity index (χ1) is 14.2. The number of anilines is 2. The second-order valence-corrected chi connectivity index (χ2v) is 7.78. The van der Waals surface area contributed by atoms with E-state index in [1.54, 1.807) is 22.6 Å². The van der Waals surface area contributed by atoms with Gasteiger partial charge in [-0.1, -0.05) is 18.2 Å². The fourth-order valence-electron chi connectivity index (χ4n) is 2.84. The molecule has 1 fully saturated rings. The van der Waals surface area contributed by atoms with E-state index >= 15 is 0 Å². The number of amides is 2. The highest BCUT2D eigenvalue weighted by molar-refractivity contribution is 7.14. The predicted octanol–water partition coefficient (Wildman–Crippen LogP) is 3.79. The third kappa shape index (κ3) is 5.45. The summed E-state index contributed by atoms with van der Waals surface area (Å²) >= 11 is 1.37. The molecule has 29 heavy (non-hydrogen) atoms. The molecule has 2 N–H and O–H groups in total. The van der Waals surface area contributed by atoms with Gasteiger partial charge in [0.2, 0.25) is 5.91 Å². The van der Waals surface area contributed by atoms with Crippen molar-refractivity contribution >= 4 is 34.0 Å². The minimum Gasteiger partial charge on any atom is -0.467 e. The van der Waals surface area contributed by atoms with Gasteiger partial charge in [0.25, 0.3) is 5.91 Å². The van der Waals surface area contributed by atoms with E-state index in [9.17, 15) is 9.59 Å². The molecule has 2 aromatic heterocycles. The lowest BCUT2D eigenvalue weighted by Gasteiger charge is -2.20. The van der Waals surface area contributed by atoms with E-state index < -0.39 is 0 Å². The van der Waals surface area contributed by atoms with E-state index in [1.807, 2.05) is 36.4 Å². The van der Waals surface area contributed by atoms with Gasteiger partial charge in [0.15, 0.2) is 5.13 Å². The molecular weight excluding hydrogens is 388 g/mol. The molecule has 0 unspecified atom stereocenters. The van der Waals surface area contributed by atoms with Gasteiger partial charge in [0.1, 0.15) is 11.5 Å². The summed E-state index contributed by atoms with van der Waals surface area (Å²) in [4.78, 5) is 31.2. The Morgan fingerprint density at radius 2 is 2.00 bits per heavy atom. The van der Waals surface area contributed by atoms with Gasteiger partial charge in [-0.25, -0.2) is 4.98 Å². The molecule has 2 amide bonds. The molecule has 150 valence electrons. The molecule has 1 aromatic carbocycles. The largest absolute Gasteiger partial charge is 0.467 e. The number of aromatic nitrogens is 1. The molecule has 8 heteroatoms. The van der Waals surface area contributed by atoms with Crippen molar-refractivity contribution in [3.8, 4) is 0 Å². The van der Waals surface area contributed by atoms with Gasteiger partial charge in [-0.3, -0.25) is 9.59 Å². The average molecular weight is 410 g/mol. The van der Waals surface area contributed by atoms with E-state index in [1.165, 1.54) is 11.3 Å². The molecule has 0 aliphatic heterocycles. The van der Waals surface area contributed by atoms with E-state index in [4.69, 9.17) is 4.42 Å². The van der Waals surface area contributed by atoms with Crippen molar-refractivity contribution in [3.05, 3.63) is 65.6 Å². The van der Waals surface area contributed by atoms with Crippen LogP contribution in [0.5, 0.6) is 0 Å². The number of carbonyl (C=O) groups is 2. The number of carbonyl (C=O) groups excluding carboxylic acids is 2. The minimum atomic E-state index is -0.224. The van der Waals surface area contributed by atoms with E-state index in [2.05, 4.69) is 15.6 Å². The average Bonchev–Trinajstić information content (AvgIpc) is 3.18. The maximum Gasteiger partial charge on any atom is 0.273 e. The second kappa shape index (κ2) is 8.91. The quantitative estimate of drug-likeness (QED) is 0.560. The maximum atomic E-state index is 13.1. The Morgan fingerprint density at radius 1 is 1.17 bits per heavy atom. The molecule has 1 saturated carbocycles. The van der Waals surface area contributed by atoms with E-state index in [0.717, 1.165) is 18.5 Å². The van der Waals surface area contributed by atoms with Crippen molar-refractivity contribution < 1.29 is 14.0 Å². The normalized spacial score (nSPS) is 13.1. The van der Waals surface area contributed by atoms with Crippen molar-refractivity contribution in [2.75, 3.05) is 11.9 Å². The lowest BCUT2D eigenvalue weighted by Crippen LogP contribution is -2.35. The number of hydrogen-bond acceptors (Lipinski definition) is 6. The fourth-order valence-corrected chi connectivity index (χ4v) is 3.55. The Labute approximate surface area is 172 Å². The van der Waals surface area contributed by atoms with Crippen LogP contribution in [-0.4, -0.2) is 34.3 Å². The first-order valence-corrected chi connectivity index (χ1v) is 10.4. The molecule has 3 aromatic rings. The van der Waals surface area contributed by atoms with Crippen molar-refractivity contribution in [1.29, 1.82) is 0 Å². The third-order valence-corrected chi connectivity index (χ3v) is 5.27.